The molecule has 0 aliphatic carbocycles. The first-order valence-electron chi connectivity index (χ1n) is 7.31. The van der Waals surface area contributed by atoms with Gasteiger partial charge in [-0.05, 0) is 30.5 Å². The van der Waals surface area contributed by atoms with Crippen molar-refractivity contribution in [3.05, 3.63) is 47.5 Å². The molecule has 0 saturated heterocycles. The zero-order valence-corrected chi connectivity index (χ0v) is 13.3. The van der Waals surface area contributed by atoms with Crippen LogP contribution in [0, 0.1) is 0 Å². The first kappa shape index (κ1) is 16.3. The number of hydrogen-bond acceptors (Lipinski definition) is 3. The molecule has 2 N–H and O–H groups in total. The van der Waals surface area contributed by atoms with Crippen molar-refractivity contribution in [1.29, 1.82) is 0 Å². The monoisotopic (exact) mass is 321 g/mol. The van der Waals surface area contributed by atoms with Crippen LogP contribution < -0.4 is 10.6 Å². The smallest absolute Gasteiger partial charge is 0.315 e. The summed E-state index contributed by atoms with van der Waals surface area (Å²) >= 11 is 5.99. The molecule has 1 atom stereocenters. The van der Waals surface area contributed by atoms with Crippen LogP contribution in [0.2, 0.25) is 5.02 Å². The predicted octanol–water partition coefficient (Wildman–Crippen LogP) is 2.77. The summed E-state index contributed by atoms with van der Waals surface area (Å²) in [5.41, 5.74) is 1.01. The fraction of sp³-hybridized carbons (Fsp3) is 0.400. The molecule has 2 aromatic rings. The third-order valence-corrected chi connectivity index (χ3v) is 3.52. The van der Waals surface area contributed by atoms with Crippen LogP contribution in [0.5, 0.6) is 0 Å². The van der Waals surface area contributed by atoms with Crippen molar-refractivity contribution in [2.45, 2.75) is 32.4 Å². The summed E-state index contributed by atoms with van der Waals surface area (Å²) < 4.78 is 1.74. The van der Waals surface area contributed by atoms with E-state index in [0.29, 0.717) is 11.6 Å². The van der Waals surface area contributed by atoms with Gasteiger partial charge in [-0.25, -0.2) is 9.78 Å². The van der Waals surface area contributed by atoms with Crippen molar-refractivity contribution in [3.8, 4) is 0 Å². The fourth-order valence-corrected chi connectivity index (χ4v) is 2.34. The van der Waals surface area contributed by atoms with E-state index in [0.717, 1.165) is 24.9 Å². The number of nitrogens with zero attached hydrogens (tertiary/aromatic N) is 3. The highest BCUT2D eigenvalue weighted by atomic mass is 35.5. The number of amides is 2. The molecule has 6 nitrogen and oxygen atoms in total. The van der Waals surface area contributed by atoms with Gasteiger partial charge in [0.2, 0.25) is 0 Å². The minimum atomic E-state index is -0.176. The Bertz CT molecular complexity index is 587. The molecule has 1 aromatic heterocycles. The zero-order valence-electron chi connectivity index (χ0n) is 12.5. The van der Waals surface area contributed by atoms with Crippen molar-refractivity contribution in [1.82, 2.24) is 25.4 Å². The minimum absolute atomic E-state index is 0.0472. The lowest BCUT2D eigenvalue weighted by molar-refractivity contribution is 0.236. The number of hydrogen-bond donors (Lipinski definition) is 2. The van der Waals surface area contributed by atoms with E-state index >= 15 is 0 Å². The van der Waals surface area contributed by atoms with E-state index < -0.39 is 0 Å². The second kappa shape index (κ2) is 8.38. The van der Waals surface area contributed by atoms with Crippen molar-refractivity contribution in [2.75, 3.05) is 6.54 Å². The number of halogens is 1. The highest BCUT2D eigenvalue weighted by Gasteiger charge is 2.12. The number of rotatable bonds is 7. The van der Waals surface area contributed by atoms with E-state index in [9.17, 15) is 4.79 Å². The second-order valence-electron chi connectivity index (χ2n) is 4.93. The normalized spacial score (nSPS) is 11.9. The molecule has 0 radical (unpaired) electrons. The van der Waals surface area contributed by atoms with Crippen LogP contribution in [0.3, 0.4) is 0 Å². The molecule has 2 amide bonds. The summed E-state index contributed by atoms with van der Waals surface area (Å²) in [6, 6.07) is 7.32. The first-order valence-corrected chi connectivity index (χ1v) is 7.69. The highest BCUT2D eigenvalue weighted by Crippen LogP contribution is 2.20. The average molecular weight is 322 g/mol. The predicted molar refractivity (Wildman–Crippen MR) is 85.7 cm³/mol. The Hall–Kier alpha value is -2.08. The van der Waals surface area contributed by atoms with E-state index in [1.54, 1.807) is 11.0 Å². The maximum absolute atomic E-state index is 11.9. The van der Waals surface area contributed by atoms with E-state index in [1.807, 2.05) is 31.2 Å². The summed E-state index contributed by atoms with van der Waals surface area (Å²) in [6.45, 7) is 3.33. The maximum atomic E-state index is 11.9. The molecule has 22 heavy (non-hydrogen) atoms. The van der Waals surface area contributed by atoms with Gasteiger partial charge in [0.1, 0.15) is 12.7 Å². The minimum Gasteiger partial charge on any atom is -0.338 e. The Balaban J connectivity index is 1.75. The molecule has 1 aromatic carbocycles. The lowest BCUT2D eigenvalue weighted by atomic mass is 10.1. The van der Waals surface area contributed by atoms with Gasteiger partial charge in [-0.2, -0.15) is 5.10 Å². The molecule has 0 aliphatic rings. The van der Waals surface area contributed by atoms with Gasteiger partial charge in [-0.15, -0.1) is 0 Å². The molecule has 7 heteroatoms. The van der Waals surface area contributed by atoms with Crippen LogP contribution in [0.1, 0.15) is 31.4 Å². The lowest BCUT2D eigenvalue weighted by Gasteiger charge is -2.18. The van der Waals surface area contributed by atoms with Crippen LogP contribution in [-0.4, -0.2) is 27.3 Å². The number of carbonyl (C=O) groups is 1. The number of aryl methyl sites for hydroxylation is 1. The van der Waals surface area contributed by atoms with Crippen LogP contribution in [-0.2, 0) is 6.54 Å². The quantitative estimate of drug-likeness (QED) is 0.770. The molecular formula is C15H20ClN5O. The molecular weight excluding hydrogens is 302 g/mol. The Labute approximate surface area is 134 Å². The summed E-state index contributed by atoms with van der Waals surface area (Å²) in [5.74, 6) is 0. The van der Waals surface area contributed by atoms with Gasteiger partial charge in [-0.1, -0.05) is 30.7 Å². The Morgan fingerprint density at radius 1 is 1.45 bits per heavy atom. The zero-order chi connectivity index (χ0) is 15.8. The second-order valence-corrected chi connectivity index (χ2v) is 5.36. The lowest BCUT2D eigenvalue weighted by Crippen LogP contribution is -2.38. The van der Waals surface area contributed by atoms with Crippen LogP contribution in [0.4, 0.5) is 4.79 Å². The molecule has 118 valence electrons. The molecule has 1 heterocycles. The highest BCUT2D eigenvalue weighted by molar-refractivity contribution is 6.30. The van der Waals surface area contributed by atoms with Crippen molar-refractivity contribution in [2.24, 2.45) is 0 Å². The molecule has 1 unspecified atom stereocenters. The Morgan fingerprint density at radius 3 is 3.00 bits per heavy atom. The number of nitrogens with one attached hydrogen (secondary N) is 2. The molecule has 0 aliphatic heterocycles. The van der Waals surface area contributed by atoms with Gasteiger partial charge in [0.25, 0.3) is 0 Å². The van der Waals surface area contributed by atoms with E-state index in [-0.39, 0.29) is 12.1 Å². The largest absolute Gasteiger partial charge is 0.338 e. The third kappa shape index (κ3) is 5.04. The number of aromatic nitrogens is 3. The fourth-order valence-electron chi connectivity index (χ4n) is 2.14. The van der Waals surface area contributed by atoms with E-state index in [4.69, 9.17) is 11.6 Å². The summed E-state index contributed by atoms with van der Waals surface area (Å²) in [7, 11) is 0. The van der Waals surface area contributed by atoms with Crippen molar-refractivity contribution in [3.63, 3.8) is 0 Å². The molecule has 0 fully saturated rings. The van der Waals surface area contributed by atoms with Gasteiger partial charge >= 0.3 is 6.03 Å². The van der Waals surface area contributed by atoms with Gasteiger partial charge in [0, 0.05) is 18.1 Å². The standard InChI is InChI=1S/C15H20ClN5O/c1-2-14(12-5-3-6-13(16)9-12)20-15(22)18-7-4-8-21-11-17-10-19-21/h3,5-6,9-11,14H,2,4,7-8H2,1H3,(H2,18,20,22). The number of benzene rings is 1. The molecule has 0 spiro atoms. The third-order valence-electron chi connectivity index (χ3n) is 3.28. The van der Waals surface area contributed by atoms with Gasteiger partial charge in [0.05, 0.1) is 6.04 Å². The summed E-state index contributed by atoms with van der Waals surface area (Å²) in [4.78, 5) is 15.8. The Morgan fingerprint density at radius 2 is 2.32 bits per heavy atom. The first-order chi connectivity index (χ1) is 10.7. The topological polar surface area (TPSA) is 71.8 Å². The number of carbonyl (C=O) groups excluding carboxylic acids is 1. The molecule has 0 saturated carbocycles. The summed E-state index contributed by atoms with van der Waals surface area (Å²) in [6.07, 6.45) is 4.75. The summed E-state index contributed by atoms with van der Waals surface area (Å²) in [5, 5.41) is 10.5. The molecule has 0 bridgehead atoms. The van der Waals surface area contributed by atoms with E-state index in [2.05, 4.69) is 20.7 Å². The van der Waals surface area contributed by atoms with Gasteiger partial charge in [0.15, 0.2) is 0 Å². The van der Waals surface area contributed by atoms with E-state index in [1.165, 1.54) is 6.33 Å². The van der Waals surface area contributed by atoms with Gasteiger partial charge < -0.3 is 10.6 Å². The molecule has 2 rings (SSSR count). The van der Waals surface area contributed by atoms with Gasteiger partial charge in [-0.3, -0.25) is 4.68 Å². The Kier molecular flexibility index (Phi) is 6.21. The average Bonchev–Trinajstić information content (AvgIpc) is 3.02. The van der Waals surface area contributed by atoms with Crippen LogP contribution >= 0.6 is 11.6 Å². The van der Waals surface area contributed by atoms with Crippen molar-refractivity contribution >= 4 is 17.6 Å². The SMILES string of the molecule is CCC(NC(=O)NCCCn1cncn1)c1cccc(Cl)c1. The van der Waals surface area contributed by atoms with Crippen LogP contribution in [0.15, 0.2) is 36.9 Å². The number of urea groups is 1. The van der Waals surface area contributed by atoms with Crippen LogP contribution in [0.25, 0.3) is 0 Å². The van der Waals surface area contributed by atoms with Crippen molar-refractivity contribution < 1.29 is 4.79 Å². The maximum Gasteiger partial charge on any atom is 0.315 e.